The molecule has 0 spiro atoms. The van der Waals surface area contributed by atoms with E-state index in [0.717, 1.165) is 11.1 Å². The number of aromatic nitrogens is 1. The van der Waals surface area contributed by atoms with Gasteiger partial charge >= 0.3 is 5.97 Å². The number of methoxy groups -OCH3 is 3. The monoisotopic (exact) mass is 494 g/mol. The summed E-state index contributed by atoms with van der Waals surface area (Å²) < 4.78 is 23.3. The van der Waals surface area contributed by atoms with E-state index in [1.165, 1.54) is 11.3 Å². The number of benzene rings is 2. The van der Waals surface area contributed by atoms with E-state index in [1.807, 2.05) is 18.2 Å². The van der Waals surface area contributed by atoms with Gasteiger partial charge in [-0.25, -0.2) is 9.79 Å². The Balaban J connectivity index is 1.91. The molecule has 1 aliphatic rings. The van der Waals surface area contributed by atoms with Crippen molar-refractivity contribution in [3.8, 4) is 17.2 Å². The highest BCUT2D eigenvalue weighted by Crippen LogP contribution is 2.32. The summed E-state index contributed by atoms with van der Waals surface area (Å²) in [5, 5.41) is 0. The van der Waals surface area contributed by atoms with Crippen molar-refractivity contribution in [2.75, 3.05) is 27.9 Å². The van der Waals surface area contributed by atoms with Crippen LogP contribution in [-0.4, -0.2) is 38.5 Å². The topological polar surface area (TPSA) is 88.4 Å². The van der Waals surface area contributed by atoms with E-state index in [4.69, 9.17) is 18.9 Å². The van der Waals surface area contributed by atoms with Crippen molar-refractivity contribution in [3.63, 3.8) is 0 Å². The number of fused-ring (bicyclic) bond motifs is 1. The Morgan fingerprint density at radius 1 is 1.06 bits per heavy atom. The third-order valence-electron chi connectivity index (χ3n) is 5.65. The van der Waals surface area contributed by atoms with Crippen LogP contribution < -0.4 is 29.1 Å². The number of carbonyl (C=O) groups excluding carboxylic acids is 1. The standard InChI is InChI=1S/C26H26N2O6S/c1-6-34-25(30)22-15(2)27-26-28(23(22)17-8-10-18(31-3)11-9-17)24(29)21(35-26)14-16-7-12-19(32-4)20(13-16)33-5/h7-14,23H,6H2,1-5H3/b21-14-/t23-/m0/s1. The van der Waals surface area contributed by atoms with Crippen molar-refractivity contribution in [2.45, 2.75) is 19.9 Å². The van der Waals surface area contributed by atoms with E-state index in [9.17, 15) is 9.59 Å². The van der Waals surface area contributed by atoms with Gasteiger partial charge in [0.1, 0.15) is 5.75 Å². The zero-order chi connectivity index (χ0) is 25.1. The third-order valence-corrected chi connectivity index (χ3v) is 6.64. The van der Waals surface area contributed by atoms with Crippen LogP contribution in [0.1, 0.15) is 31.0 Å². The van der Waals surface area contributed by atoms with Crippen LogP contribution in [0.3, 0.4) is 0 Å². The van der Waals surface area contributed by atoms with E-state index in [2.05, 4.69) is 4.99 Å². The van der Waals surface area contributed by atoms with Crippen LogP contribution in [0.25, 0.3) is 6.08 Å². The zero-order valence-corrected chi connectivity index (χ0v) is 21.0. The van der Waals surface area contributed by atoms with Crippen LogP contribution in [0, 0.1) is 0 Å². The molecule has 1 aromatic heterocycles. The highest BCUT2D eigenvalue weighted by molar-refractivity contribution is 7.07. The maximum absolute atomic E-state index is 13.7. The number of rotatable bonds is 7. The van der Waals surface area contributed by atoms with Crippen LogP contribution >= 0.6 is 11.3 Å². The summed E-state index contributed by atoms with van der Waals surface area (Å²) in [6.07, 6.45) is 1.78. The number of thiazole rings is 1. The molecule has 0 fully saturated rings. The minimum Gasteiger partial charge on any atom is -0.497 e. The molecule has 182 valence electrons. The highest BCUT2D eigenvalue weighted by atomic mass is 32.1. The van der Waals surface area contributed by atoms with Gasteiger partial charge in [0, 0.05) is 0 Å². The molecule has 8 nitrogen and oxygen atoms in total. The third kappa shape index (κ3) is 4.59. The van der Waals surface area contributed by atoms with Crippen LogP contribution in [0.5, 0.6) is 17.2 Å². The van der Waals surface area contributed by atoms with Crippen LogP contribution in [0.4, 0.5) is 0 Å². The number of hydrogen-bond acceptors (Lipinski definition) is 8. The summed E-state index contributed by atoms with van der Waals surface area (Å²) in [6.45, 7) is 3.72. The molecule has 1 atom stereocenters. The number of carbonyl (C=O) groups is 1. The summed E-state index contributed by atoms with van der Waals surface area (Å²) in [4.78, 5) is 31.7. The van der Waals surface area contributed by atoms with Gasteiger partial charge in [0.05, 0.1) is 49.8 Å². The molecule has 0 saturated carbocycles. The molecular weight excluding hydrogens is 468 g/mol. The van der Waals surface area contributed by atoms with Gasteiger partial charge < -0.3 is 18.9 Å². The average Bonchev–Trinajstić information content (AvgIpc) is 3.17. The van der Waals surface area contributed by atoms with Crippen molar-refractivity contribution in [2.24, 2.45) is 4.99 Å². The smallest absolute Gasteiger partial charge is 0.338 e. The highest BCUT2D eigenvalue weighted by Gasteiger charge is 2.33. The lowest BCUT2D eigenvalue weighted by atomic mass is 9.96. The first-order valence-electron chi connectivity index (χ1n) is 11.0. The fraction of sp³-hybridized carbons (Fsp3) is 0.269. The van der Waals surface area contributed by atoms with Crippen molar-refractivity contribution >= 4 is 23.4 Å². The number of allylic oxidation sites excluding steroid dienone is 1. The molecule has 2 heterocycles. The molecule has 0 unspecified atom stereocenters. The largest absolute Gasteiger partial charge is 0.497 e. The van der Waals surface area contributed by atoms with Gasteiger partial charge in [-0.1, -0.05) is 29.5 Å². The van der Waals surface area contributed by atoms with E-state index < -0.39 is 12.0 Å². The maximum Gasteiger partial charge on any atom is 0.338 e. The first-order chi connectivity index (χ1) is 16.9. The maximum atomic E-state index is 13.7. The van der Waals surface area contributed by atoms with Crippen LogP contribution in [0.15, 0.2) is 63.5 Å². The summed E-state index contributed by atoms with van der Waals surface area (Å²) >= 11 is 1.26. The molecule has 1 aliphatic heterocycles. The summed E-state index contributed by atoms with van der Waals surface area (Å²) in [6, 6.07) is 12.0. The Morgan fingerprint density at radius 2 is 1.77 bits per heavy atom. The van der Waals surface area contributed by atoms with Gasteiger partial charge in [0.2, 0.25) is 0 Å². The van der Waals surface area contributed by atoms with Gasteiger partial charge in [-0.3, -0.25) is 9.36 Å². The molecule has 4 rings (SSSR count). The molecule has 0 N–H and O–H groups in total. The van der Waals surface area contributed by atoms with Crippen molar-refractivity contribution in [1.29, 1.82) is 0 Å². The predicted octanol–water partition coefficient (Wildman–Crippen LogP) is 2.82. The average molecular weight is 495 g/mol. The summed E-state index contributed by atoms with van der Waals surface area (Å²) in [5.74, 6) is 1.34. The molecule has 0 bridgehead atoms. The Bertz CT molecular complexity index is 1470. The van der Waals surface area contributed by atoms with E-state index in [1.54, 1.807) is 70.1 Å². The molecule has 9 heteroatoms. The first-order valence-corrected chi connectivity index (χ1v) is 11.8. The summed E-state index contributed by atoms with van der Waals surface area (Å²) in [7, 11) is 4.71. The Kier molecular flexibility index (Phi) is 7.07. The molecule has 0 amide bonds. The lowest BCUT2D eigenvalue weighted by Crippen LogP contribution is -2.39. The Hall–Kier alpha value is -3.85. The first kappa shape index (κ1) is 24.3. The Morgan fingerprint density at radius 3 is 2.40 bits per heavy atom. The lowest BCUT2D eigenvalue weighted by molar-refractivity contribution is -0.139. The van der Waals surface area contributed by atoms with Crippen molar-refractivity contribution in [3.05, 3.63) is 84.5 Å². The van der Waals surface area contributed by atoms with E-state index in [-0.39, 0.29) is 12.2 Å². The van der Waals surface area contributed by atoms with Crippen LogP contribution in [0.2, 0.25) is 0 Å². The van der Waals surface area contributed by atoms with Gasteiger partial charge in [-0.15, -0.1) is 0 Å². The Labute approximate surface area is 206 Å². The zero-order valence-electron chi connectivity index (χ0n) is 20.2. The predicted molar refractivity (Wildman–Crippen MR) is 133 cm³/mol. The van der Waals surface area contributed by atoms with Crippen molar-refractivity contribution < 1.29 is 23.7 Å². The second-order valence-electron chi connectivity index (χ2n) is 7.69. The normalized spacial score (nSPS) is 15.3. The van der Waals surface area contributed by atoms with Gasteiger partial charge in [0.25, 0.3) is 5.56 Å². The number of hydrogen-bond donors (Lipinski definition) is 0. The molecular formula is C26H26N2O6S. The minimum atomic E-state index is -0.677. The summed E-state index contributed by atoms with van der Waals surface area (Å²) in [5.41, 5.74) is 2.13. The SMILES string of the molecule is CCOC(=O)C1=C(C)N=c2s/c(=C\c3ccc(OC)c(OC)c3)c(=O)n2[C@H]1c1ccc(OC)cc1. The second kappa shape index (κ2) is 10.2. The van der Waals surface area contributed by atoms with E-state index >= 15 is 0 Å². The molecule has 0 aliphatic carbocycles. The quantitative estimate of drug-likeness (QED) is 0.470. The molecule has 3 aromatic rings. The van der Waals surface area contributed by atoms with Gasteiger partial charge in [0.15, 0.2) is 16.3 Å². The lowest BCUT2D eigenvalue weighted by Gasteiger charge is -2.24. The number of ether oxygens (including phenoxy) is 4. The van der Waals surface area contributed by atoms with Crippen molar-refractivity contribution in [1.82, 2.24) is 4.57 Å². The number of esters is 1. The molecule has 35 heavy (non-hydrogen) atoms. The fourth-order valence-corrected chi connectivity index (χ4v) is 5.03. The molecule has 0 saturated heterocycles. The fourth-order valence-electron chi connectivity index (χ4n) is 3.99. The van der Waals surface area contributed by atoms with Gasteiger partial charge in [-0.2, -0.15) is 0 Å². The van der Waals surface area contributed by atoms with Crippen LogP contribution in [-0.2, 0) is 9.53 Å². The molecule has 2 aromatic carbocycles. The molecule has 0 radical (unpaired) electrons. The van der Waals surface area contributed by atoms with E-state index in [0.29, 0.717) is 37.9 Å². The minimum absolute atomic E-state index is 0.217. The number of nitrogens with zero attached hydrogens (tertiary/aromatic N) is 2. The second-order valence-corrected chi connectivity index (χ2v) is 8.70. The van der Waals surface area contributed by atoms with Gasteiger partial charge in [-0.05, 0) is 55.3 Å².